The first kappa shape index (κ1) is 19.0. The Labute approximate surface area is 170 Å². The van der Waals surface area contributed by atoms with Gasteiger partial charge in [0.25, 0.3) is 11.2 Å². The second-order valence-electron chi connectivity index (χ2n) is 6.27. The van der Waals surface area contributed by atoms with Crippen LogP contribution in [0.25, 0.3) is 16.5 Å². The van der Waals surface area contributed by atoms with Crippen LogP contribution in [0.1, 0.15) is 5.56 Å². The average Bonchev–Trinajstić information content (AvgIpc) is 3.11. The van der Waals surface area contributed by atoms with Gasteiger partial charge in [0.05, 0.1) is 21.0 Å². The highest BCUT2D eigenvalue weighted by molar-refractivity contribution is 7.85. The summed E-state index contributed by atoms with van der Waals surface area (Å²) in [6.07, 6.45) is 0. The maximum Gasteiger partial charge on any atom is 0.282 e. The van der Waals surface area contributed by atoms with Crippen molar-refractivity contribution in [2.75, 3.05) is 5.73 Å². The maximum atomic E-state index is 13.2. The first-order valence-electron chi connectivity index (χ1n) is 8.40. The van der Waals surface area contributed by atoms with E-state index in [1.54, 1.807) is 17.5 Å². The molecule has 29 heavy (non-hydrogen) atoms. The van der Waals surface area contributed by atoms with Gasteiger partial charge in [0.15, 0.2) is 5.03 Å². The van der Waals surface area contributed by atoms with Crippen LogP contribution in [0.15, 0.2) is 68.6 Å². The average molecular weight is 426 g/mol. The van der Waals surface area contributed by atoms with Gasteiger partial charge in [-0.1, -0.05) is 17.7 Å². The van der Waals surface area contributed by atoms with Gasteiger partial charge in [0.2, 0.25) is 0 Å². The molecule has 2 aromatic carbocycles. The molecular weight excluding hydrogens is 412 g/mol. The number of aromatic nitrogens is 2. The van der Waals surface area contributed by atoms with Gasteiger partial charge in [-0.15, -0.1) is 11.3 Å². The molecule has 8 nitrogen and oxygen atoms in total. The molecule has 0 amide bonds. The Morgan fingerprint density at radius 2 is 1.79 bits per heavy atom. The third-order valence-corrected chi connectivity index (χ3v) is 6.53. The maximum absolute atomic E-state index is 13.2. The summed E-state index contributed by atoms with van der Waals surface area (Å²) < 4.78 is 14.4. The molecule has 1 atom stereocenters. The third kappa shape index (κ3) is 3.32. The fraction of sp³-hybridized carbons (Fsp3) is 0.0526. The largest absolute Gasteiger partial charge is 0.390 e. The van der Waals surface area contributed by atoms with Crippen LogP contribution in [0.4, 0.5) is 10.7 Å². The van der Waals surface area contributed by atoms with E-state index in [9.17, 15) is 19.1 Å². The van der Waals surface area contributed by atoms with Crippen LogP contribution < -0.4 is 11.3 Å². The number of anilines is 1. The number of thiophene rings is 1. The highest BCUT2D eigenvalue weighted by Crippen LogP contribution is 2.31. The monoisotopic (exact) mass is 426 g/mol. The molecule has 4 aromatic rings. The minimum atomic E-state index is -1.77. The second kappa shape index (κ2) is 7.22. The molecule has 1 unspecified atom stereocenters. The van der Waals surface area contributed by atoms with Crippen LogP contribution in [0.5, 0.6) is 0 Å². The van der Waals surface area contributed by atoms with Gasteiger partial charge >= 0.3 is 0 Å². The van der Waals surface area contributed by atoms with Crippen LogP contribution in [0, 0.1) is 17.0 Å². The van der Waals surface area contributed by atoms with Gasteiger partial charge in [-0.25, -0.2) is 4.21 Å². The zero-order chi connectivity index (χ0) is 20.7. The SMILES string of the molecule is Cc1ccc(-n2nc(S(=O)c3ccc([N+](=O)[O-])cc3)c3csc(N)c3c2=O)cc1. The molecule has 4 rings (SSSR count). The smallest absolute Gasteiger partial charge is 0.282 e. The van der Waals surface area contributed by atoms with E-state index in [0.29, 0.717) is 21.0 Å². The summed E-state index contributed by atoms with van der Waals surface area (Å²) in [5, 5.41) is 18.0. The molecule has 2 aromatic heterocycles. The first-order valence-corrected chi connectivity index (χ1v) is 10.4. The zero-order valence-electron chi connectivity index (χ0n) is 15.1. The molecule has 0 bridgehead atoms. The minimum absolute atomic E-state index is 0.103. The number of rotatable bonds is 4. The molecule has 0 saturated heterocycles. The van der Waals surface area contributed by atoms with E-state index in [1.807, 2.05) is 19.1 Å². The molecule has 0 aliphatic carbocycles. The van der Waals surface area contributed by atoms with E-state index in [-0.39, 0.29) is 16.1 Å². The molecule has 2 N–H and O–H groups in total. The predicted molar refractivity (Wildman–Crippen MR) is 112 cm³/mol. The van der Waals surface area contributed by atoms with Crippen LogP contribution in [0.2, 0.25) is 0 Å². The fourth-order valence-corrected chi connectivity index (χ4v) is 4.84. The van der Waals surface area contributed by atoms with Crippen molar-refractivity contribution < 1.29 is 9.13 Å². The number of nitro benzene ring substituents is 1. The zero-order valence-corrected chi connectivity index (χ0v) is 16.7. The molecule has 0 radical (unpaired) electrons. The fourth-order valence-electron chi connectivity index (χ4n) is 2.85. The summed E-state index contributed by atoms with van der Waals surface area (Å²) in [6, 6.07) is 12.6. The number of nitro groups is 1. The topological polar surface area (TPSA) is 121 Å². The van der Waals surface area contributed by atoms with E-state index >= 15 is 0 Å². The summed E-state index contributed by atoms with van der Waals surface area (Å²) in [5.74, 6) is 0. The molecule has 0 aliphatic rings. The van der Waals surface area contributed by atoms with Crippen LogP contribution in [0.3, 0.4) is 0 Å². The Morgan fingerprint density at radius 1 is 1.14 bits per heavy atom. The van der Waals surface area contributed by atoms with Crippen LogP contribution in [-0.2, 0) is 10.8 Å². The van der Waals surface area contributed by atoms with E-state index in [2.05, 4.69) is 5.10 Å². The summed E-state index contributed by atoms with van der Waals surface area (Å²) in [4.78, 5) is 23.6. The minimum Gasteiger partial charge on any atom is -0.390 e. The molecule has 0 aliphatic heterocycles. The van der Waals surface area contributed by atoms with Gasteiger partial charge in [-0.3, -0.25) is 14.9 Å². The van der Waals surface area contributed by atoms with Crippen molar-refractivity contribution in [1.82, 2.24) is 9.78 Å². The van der Waals surface area contributed by atoms with Gasteiger partial charge in [-0.2, -0.15) is 9.78 Å². The Morgan fingerprint density at radius 3 is 2.41 bits per heavy atom. The number of hydrogen-bond acceptors (Lipinski definition) is 7. The number of fused-ring (bicyclic) bond motifs is 1. The quantitative estimate of drug-likeness (QED) is 0.394. The summed E-state index contributed by atoms with van der Waals surface area (Å²) in [6.45, 7) is 1.93. The Balaban J connectivity index is 1.93. The lowest BCUT2D eigenvalue weighted by Crippen LogP contribution is -2.23. The van der Waals surface area contributed by atoms with E-state index in [4.69, 9.17) is 5.73 Å². The number of nitrogens with zero attached hydrogens (tertiary/aromatic N) is 3. The van der Waals surface area contributed by atoms with Crippen molar-refractivity contribution in [2.24, 2.45) is 0 Å². The second-order valence-corrected chi connectivity index (χ2v) is 8.57. The Bertz CT molecular complexity index is 1330. The molecule has 2 heterocycles. The van der Waals surface area contributed by atoms with Crippen molar-refractivity contribution in [2.45, 2.75) is 16.8 Å². The summed E-state index contributed by atoms with van der Waals surface area (Å²) in [5.41, 5.74) is 7.06. The van der Waals surface area contributed by atoms with Crippen molar-refractivity contribution in [3.63, 3.8) is 0 Å². The van der Waals surface area contributed by atoms with Gasteiger partial charge in [0, 0.05) is 27.8 Å². The predicted octanol–water partition coefficient (Wildman–Crippen LogP) is 3.41. The highest BCUT2D eigenvalue weighted by atomic mass is 32.2. The lowest BCUT2D eigenvalue weighted by atomic mass is 10.2. The highest BCUT2D eigenvalue weighted by Gasteiger charge is 2.21. The number of hydrogen-bond donors (Lipinski definition) is 1. The first-order chi connectivity index (χ1) is 13.9. The van der Waals surface area contributed by atoms with Gasteiger partial charge in [0.1, 0.15) is 10.8 Å². The number of aryl methyl sites for hydroxylation is 1. The van der Waals surface area contributed by atoms with E-state index in [0.717, 1.165) is 5.56 Å². The lowest BCUT2D eigenvalue weighted by Gasteiger charge is -2.10. The number of benzene rings is 2. The molecule has 0 fully saturated rings. The van der Waals surface area contributed by atoms with E-state index < -0.39 is 21.3 Å². The Hall–Kier alpha value is -3.37. The van der Waals surface area contributed by atoms with Gasteiger partial charge in [-0.05, 0) is 31.2 Å². The summed E-state index contributed by atoms with van der Waals surface area (Å²) in [7, 11) is -1.77. The molecular formula is C19H14N4O4S2. The van der Waals surface area contributed by atoms with E-state index in [1.165, 1.54) is 40.3 Å². The van der Waals surface area contributed by atoms with Crippen molar-refractivity contribution in [1.29, 1.82) is 0 Å². The molecule has 0 saturated carbocycles. The molecule has 146 valence electrons. The number of nitrogen functional groups attached to an aromatic ring is 1. The van der Waals surface area contributed by atoms with Crippen molar-refractivity contribution in [3.8, 4) is 5.69 Å². The van der Waals surface area contributed by atoms with Crippen LogP contribution in [-0.4, -0.2) is 18.9 Å². The Kier molecular flexibility index (Phi) is 4.73. The molecule has 10 heteroatoms. The third-order valence-electron chi connectivity index (χ3n) is 4.36. The molecule has 0 spiro atoms. The standard InChI is InChI=1S/C19H14N4O4S2/c1-11-2-4-12(5-3-11)22-19(24)16-15(10-28-17(16)20)18(21-22)29(27)14-8-6-13(7-9-14)23(25)26/h2-10H,20H2,1H3. The van der Waals surface area contributed by atoms with Crippen molar-refractivity contribution in [3.05, 3.63) is 79.9 Å². The lowest BCUT2D eigenvalue weighted by molar-refractivity contribution is -0.384. The number of nitrogens with two attached hydrogens (primary N) is 1. The van der Waals surface area contributed by atoms with Gasteiger partial charge < -0.3 is 5.73 Å². The number of non-ortho nitro benzene ring substituents is 1. The van der Waals surface area contributed by atoms with Crippen molar-refractivity contribution >= 4 is 43.6 Å². The normalized spacial score (nSPS) is 12.2. The van der Waals surface area contributed by atoms with Crippen LogP contribution >= 0.6 is 11.3 Å². The summed E-state index contributed by atoms with van der Waals surface area (Å²) >= 11 is 1.17.